The number of nitrogens with zero attached hydrogens (tertiary/aromatic N) is 1. The number of thioether (sulfide) groups is 1. The Morgan fingerprint density at radius 1 is 1.69 bits per heavy atom. The Bertz CT molecular complexity index is 339. The number of aromatic nitrogens is 1. The van der Waals surface area contributed by atoms with Gasteiger partial charge in [-0.2, -0.15) is 0 Å². The molecule has 3 N–H and O–H groups in total. The molecule has 2 rings (SSSR count). The van der Waals surface area contributed by atoms with Gasteiger partial charge in [0.1, 0.15) is 5.01 Å². The van der Waals surface area contributed by atoms with Crippen molar-refractivity contribution >= 4 is 29.0 Å². The number of amides is 1. The molecule has 6 heteroatoms. The molecular weight excluding hydrogens is 206 g/mol. The number of carbonyl (C=O) groups excluding carboxylic acids is 1. The highest BCUT2D eigenvalue weighted by molar-refractivity contribution is 8.04. The van der Waals surface area contributed by atoms with Crippen LogP contribution in [-0.2, 0) is 9.67 Å². The van der Waals surface area contributed by atoms with Gasteiger partial charge in [-0.05, 0) is 5.41 Å². The maximum Gasteiger partial charge on any atom is 0.261 e. The Kier molecular flexibility index (Phi) is 2.01. The van der Waals surface area contributed by atoms with Crippen LogP contribution < -0.4 is 11.1 Å². The van der Waals surface area contributed by atoms with Gasteiger partial charge in [0.25, 0.3) is 5.91 Å². The molecule has 1 atom stereocenters. The van der Waals surface area contributed by atoms with Crippen LogP contribution in [0.4, 0.5) is 0 Å². The van der Waals surface area contributed by atoms with Crippen molar-refractivity contribution in [1.29, 1.82) is 0 Å². The van der Waals surface area contributed by atoms with Gasteiger partial charge in [0.2, 0.25) is 4.87 Å². The summed E-state index contributed by atoms with van der Waals surface area (Å²) in [5, 5.41) is 7.24. The highest BCUT2D eigenvalue weighted by Gasteiger charge is 2.42. The molecule has 1 unspecified atom stereocenters. The first-order chi connectivity index (χ1) is 6.26. The molecule has 0 spiro atoms. The fourth-order valence-electron chi connectivity index (χ4n) is 1.07. The van der Waals surface area contributed by atoms with Crippen molar-refractivity contribution in [2.45, 2.75) is 4.87 Å². The molecule has 0 saturated carbocycles. The van der Waals surface area contributed by atoms with E-state index in [0.29, 0.717) is 5.01 Å². The second-order valence-electron chi connectivity index (χ2n) is 2.45. The third-order valence-corrected chi connectivity index (χ3v) is 3.84. The van der Waals surface area contributed by atoms with Gasteiger partial charge in [-0.3, -0.25) is 4.79 Å². The Labute approximate surface area is 83.2 Å². The normalized spacial score (nSPS) is 25.8. The Morgan fingerprint density at radius 2 is 2.54 bits per heavy atom. The van der Waals surface area contributed by atoms with E-state index in [1.807, 2.05) is 5.38 Å². The zero-order valence-electron chi connectivity index (χ0n) is 6.56. The fourth-order valence-corrected chi connectivity index (χ4v) is 2.80. The van der Waals surface area contributed by atoms with Gasteiger partial charge in [-0.25, -0.2) is 4.98 Å². The van der Waals surface area contributed by atoms with E-state index in [4.69, 9.17) is 5.73 Å². The lowest BCUT2D eigenvalue weighted by molar-refractivity contribution is -0.121. The molecule has 13 heavy (non-hydrogen) atoms. The molecule has 1 aromatic heterocycles. The summed E-state index contributed by atoms with van der Waals surface area (Å²) in [5.41, 5.74) is 5.33. The summed E-state index contributed by atoms with van der Waals surface area (Å²) in [6.45, 7) is 0. The van der Waals surface area contributed by atoms with Crippen molar-refractivity contribution in [2.75, 3.05) is 0 Å². The first-order valence-electron chi connectivity index (χ1n) is 3.56. The average Bonchev–Trinajstić information content (AvgIpc) is 2.75. The van der Waals surface area contributed by atoms with Crippen LogP contribution in [0.1, 0.15) is 5.01 Å². The fraction of sp³-hybridized carbons (Fsp3) is 0.143. The number of hydrogen-bond donors (Lipinski definition) is 2. The van der Waals surface area contributed by atoms with E-state index in [2.05, 4.69) is 10.3 Å². The predicted octanol–water partition coefficient (Wildman–Crippen LogP) is 0.589. The van der Waals surface area contributed by atoms with Crippen LogP contribution in [0.25, 0.3) is 0 Å². The second-order valence-corrected chi connectivity index (χ2v) is 4.46. The van der Waals surface area contributed by atoms with Crippen molar-refractivity contribution < 1.29 is 4.79 Å². The summed E-state index contributed by atoms with van der Waals surface area (Å²) in [4.78, 5) is 14.5. The van der Waals surface area contributed by atoms with E-state index in [0.717, 1.165) is 0 Å². The molecule has 0 bridgehead atoms. The summed E-state index contributed by atoms with van der Waals surface area (Å²) < 4.78 is 0. The third-order valence-electron chi connectivity index (χ3n) is 1.68. The predicted molar refractivity (Wildman–Crippen MR) is 52.9 cm³/mol. The molecule has 1 aliphatic rings. The molecule has 0 radical (unpaired) electrons. The van der Waals surface area contributed by atoms with E-state index >= 15 is 0 Å². The second kappa shape index (κ2) is 3.04. The highest BCUT2D eigenvalue weighted by Crippen LogP contribution is 2.38. The van der Waals surface area contributed by atoms with E-state index in [1.165, 1.54) is 23.1 Å². The highest BCUT2D eigenvalue weighted by atomic mass is 32.2. The topological polar surface area (TPSA) is 68.0 Å². The molecule has 4 nitrogen and oxygen atoms in total. The minimum absolute atomic E-state index is 0.419. The average molecular weight is 213 g/mol. The number of carbonyl (C=O) groups is 1. The van der Waals surface area contributed by atoms with Crippen molar-refractivity contribution in [3.8, 4) is 0 Å². The lowest BCUT2D eigenvalue weighted by Crippen LogP contribution is -2.45. The monoisotopic (exact) mass is 213 g/mol. The molecule has 0 aromatic carbocycles. The first-order valence-corrected chi connectivity index (χ1v) is 5.32. The van der Waals surface area contributed by atoms with Gasteiger partial charge < -0.3 is 11.1 Å². The maximum absolute atomic E-state index is 11.3. The van der Waals surface area contributed by atoms with Gasteiger partial charge in [0, 0.05) is 17.8 Å². The largest absolute Gasteiger partial charge is 0.366 e. The zero-order chi connectivity index (χ0) is 9.31. The van der Waals surface area contributed by atoms with Gasteiger partial charge in [-0.1, -0.05) is 11.8 Å². The Hall–Kier alpha value is -1.01. The SMILES string of the molecule is NC(=O)C1(c2nccs2)NC=CS1. The van der Waals surface area contributed by atoms with Crippen molar-refractivity contribution in [3.63, 3.8) is 0 Å². The number of nitrogens with one attached hydrogen (secondary N) is 1. The van der Waals surface area contributed by atoms with Crippen LogP contribution >= 0.6 is 23.1 Å². The smallest absolute Gasteiger partial charge is 0.261 e. The number of rotatable bonds is 2. The van der Waals surface area contributed by atoms with Crippen LogP contribution in [-0.4, -0.2) is 10.9 Å². The molecular formula is C7H7N3OS2. The zero-order valence-corrected chi connectivity index (χ0v) is 8.19. The summed E-state index contributed by atoms with van der Waals surface area (Å²) in [6.07, 6.45) is 3.36. The lowest BCUT2D eigenvalue weighted by Gasteiger charge is -2.22. The molecule has 0 fully saturated rings. The minimum Gasteiger partial charge on any atom is -0.366 e. The van der Waals surface area contributed by atoms with Crippen LogP contribution in [0.5, 0.6) is 0 Å². The van der Waals surface area contributed by atoms with Crippen molar-refractivity contribution in [3.05, 3.63) is 28.2 Å². The molecule has 1 aliphatic heterocycles. The number of thiazole rings is 1. The van der Waals surface area contributed by atoms with E-state index in [1.54, 1.807) is 17.8 Å². The van der Waals surface area contributed by atoms with Gasteiger partial charge in [0.15, 0.2) is 0 Å². The molecule has 2 heterocycles. The molecule has 1 amide bonds. The summed E-state index contributed by atoms with van der Waals surface area (Å²) in [7, 11) is 0. The minimum atomic E-state index is -0.881. The van der Waals surface area contributed by atoms with Crippen LogP contribution in [0.3, 0.4) is 0 Å². The van der Waals surface area contributed by atoms with Gasteiger partial charge >= 0.3 is 0 Å². The standard InChI is InChI=1S/C7H7N3OS2/c8-5(11)7(10-2-4-13-7)6-9-1-3-12-6/h1-4,10H,(H2,8,11). The molecule has 68 valence electrons. The lowest BCUT2D eigenvalue weighted by atomic mass is 10.3. The summed E-state index contributed by atoms with van der Waals surface area (Å²) in [5.74, 6) is -0.419. The van der Waals surface area contributed by atoms with Crippen LogP contribution in [0, 0.1) is 0 Å². The summed E-state index contributed by atoms with van der Waals surface area (Å²) in [6, 6.07) is 0. The Morgan fingerprint density at radius 3 is 3.00 bits per heavy atom. The molecule has 1 aromatic rings. The number of nitrogens with two attached hydrogens (primary N) is 1. The van der Waals surface area contributed by atoms with E-state index in [9.17, 15) is 4.79 Å². The number of primary amides is 1. The van der Waals surface area contributed by atoms with Crippen molar-refractivity contribution in [1.82, 2.24) is 10.3 Å². The first kappa shape index (κ1) is 8.58. The van der Waals surface area contributed by atoms with Gasteiger partial charge in [-0.15, -0.1) is 11.3 Å². The summed E-state index contributed by atoms with van der Waals surface area (Å²) >= 11 is 2.75. The van der Waals surface area contributed by atoms with E-state index < -0.39 is 10.8 Å². The third kappa shape index (κ3) is 1.22. The van der Waals surface area contributed by atoms with Gasteiger partial charge in [0.05, 0.1) is 0 Å². The quantitative estimate of drug-likeness (QED) is 0.754. The van der Waals surface area contributed by atoms with E-state index in [-0.39, 0.29) is 0 Å². The molecule has 0 saturated heterocycles. The Balaban J connectivity index is 2.41. The van der Waals surface area contributed by atoms with Crippen LogP contribution in [0.15, 0.2) is 23.2 Å². The van der Waals surface area contributed by atoms with Crippen molar-refractivity contribution in [2.24, 2.45) is 5.73 Å². The molecule has 0 aliphatic carbocycles. The van der Waals surface area contributed by atoms with Crippen LogP contribution in [0.2, 0.25) is 0 Å². The number of hydrogen-bond acceptors (Lipinski definition) is 5. The maximum atomic E-state index is 11.3.